The molecule has 9 nitrogen and oxygen atoms in total. The second-order valence-electron chi connectivity index (χ2n) is 7.80. The predicted molar refractivity (Wildman–Crippen MR) is 136 cm³/mol. The van der Waals surface area contributed by atoms with Crippen molar-refractivity contribution < 1.29 is 19.0 Å². The van der Waals surface area contributed by atoms with Crippen LogP contribution in [-0.4, -0.2) is 47.0 Å². The fourth-order valence-electron chi connectivity index (χ4n) is 4.04. The van der Waals surface area contributed by atoms with E-state index in [-0.39, 0.29) is 5.91 Å². The van der Waals surface area contributed by atoms with Gasteiger partial charge in [-0.05, 0) is 36.4 Å². The number of nitrogens with one attached hydrogen (secondary N) is 1. The molecule has 0 saturated heterocycles. The smallest absolute Gasteiger partial charge is 0.256 e. The van der Waals surface area contributed by atoms with Gasteiger partial charge in [0.1, 0.15) is 12.7 Å². The highest BCUT2D eigenvalue weighted by atomic mass is 16.5. The minimum atomic E-state index is -0.283. The summed E-state index contributed by atoms with van der Waals surface area (Å²) in [6.45, 7) is 0. The summed E-state index contributed by atoms with van der Waals surface area (Å²) < 4.78 is 18.1. The van der Waals surface area contributed by atoms with E-state index in [0.717, 1.165) is 5.39 Å². The lowest BCUT2D eigenvalue weighted by atomic mass is 10.0. The Morgan fingerprint density at radius 1 is 0.889 bits per heavy atom. The van der Waals surface area contributed by atoms with Crippen molar-refractivity contribution in [3.8, 4) is 34.2 Å². The number of anilines is 1. The van der Waals surface area contributed by atoms with Crippen LogP contribution in [0.1, 0.15) is 10.4 Å². The maximum atomic E-state index is 13.6. The molecule has 36 heavy (non-hydrogen) atoms. The van der Waals surface area contributed by atoms with Gasteiger partial charge >= 0.3 is 0 Å². The molecule has 5 rings (SSSR count). The number of amides is 1. The molecule has 1 amide bonds. The summed E-state index contributed by atoms with van der Waals surface area (Å²) in [6, 6.07) is 20.3. The van der Waals surface area contributed by atoms with Gasteiger partial charge in [0.15, 0.2) is 11.5 Å². The third-order valence-corrected chi connectivity index (χ3v) is 5.74. The van der Waals surface area contributed by atoms with Crippen molar-refractivity contribution in [2.24, 2.45) is 0 Å². The number of benzene rings is 3. The van der Waals surface area contributed by atoms with Crippen LogP contribution in [0.4, 0.5) is 5.69 Å². The molecule has 2 heterocycles. The van der Waals surface area contributed by atoms with E-state index in [1.165, 1.54) is 6.33 Å². The summed E-state index contributed by atoms with van der Waals surface area (Å²) in [4.78, 5) is 22.4. The summed E-state index contributed by atoms with van der Waals surface area (Å²) >= 11 is 0. The van der Waals surface area contributed by atoms with Gasteiger partial charge in [0.25, 0.3) is 5.91 Å². The fraction of sp³-hybridized carbons (Fsp3) is 0.111. The molecule has 9 heteroatoms. The van der Waals surface area contributed by atoms with Gasteiger partial charge in [-0.1, -0.05) is 30.3 Å². The largest absolute Gasteiger partial charge is 0.493 e. The van der Waals surface area contributed by atoms with E-state index in [2.05, 4.69) is 15.4 Å². The number of methoxy groups -OCH3 is 3. The molecule has 0 fully saturated rings. The first-order chi connectivity index (χ1) is 17.6. The lowest BCUT2D eigenvalue weighted by Gasteiger charge is -2.15. The van der Waals surface area contributed by atoms with Crippen LogP contribution in [-0.2, 0) is 0 Å². The summed E-state index contributed by atoms with van der Waals surface area (Å²) in [5.41, 5.74) is 3.75. The van der Waals surface area contributed by atoms with Crippen molar-refractivity contribution in [1.82, 2.24) is 19.7 Å². The van der Waals surface area contributed by atoms with E-state index in [4.69, 9.17) is 19.2 Å². The second-order valence-corrected chi connectivity index (χ2v) is 7.80. The number of ether oxygens (including phenoxy) is 3. The minimum Gasteiger partial charge on any atom is -0.493 e. The first-order valence-electron chi connectivity index (χ1n) is 11.1. The molecule has 0 saturated carbocycles. The molecule has 0 radical (unpaired) electrons. The Bertz CT molecular complexity index is 1520. The average molecular weight is 482 g/mol. The number of rotatable bonds is 7. The Labute approximate surface area is 207 Å². The van der Waals surface area contributed by atoms with Crippen LogP contribution < -0.4 is 19.5 Å². The van der Waals surface area contributed by atoms with E-state index in [9.17, 15) is 4.79 Å². The predicted octanol–water partition coefficient (Wildman–Crippen LogP) is 4.76. The van der Waals surface area contributed by atoms with Crippen molar-refractivity contribution in [1.29, 1.82) is 0 Å². The van der Waals surface area contributed by atoms with E-state index >= 15 is 0 Å². The van der Waals surface area contributed by atoms with Gasteiger partial charge in [-0.15, -0.1) is 0 Å². The monoisotopic (exact) mass is 481 g/mol. The standard InChI is InChI=1S/C27H23N5O4/c1-34-24-12-17(13-25(35-2)26(24)36-3)22-14-19(18-8-4-5-9-20(18)30-22)27(33)31-21-10-6-7-11-23(21)32-16-28-15-29-32/h4-16H,1-3H3,(H,31,33). The number of para-hydroxylation sites is 3. The van der Waals surface area contributed by atoms with Gasteiger partial charge in [0.05, 0.1) is 49.5 Å². The number of fused-ring (bicyclic) bond motifs is 1. The second kappa shape index (κ2) is 9.75. The van der Waals surface area contributed by atoms with Crippen LogP contribution in [0.2, 0.25) is 0 Å². The molecule has 0 aliphatic carbocycles. The molecular formula is C27H23N5O4. The topological polar surface area (TPSA) is 100 Å². The van der Waals surface area contributed by atoms with Gasteiger partial charge in [0, 0.05) is 10.9 Å². The van der Waals surface area contributed by atoms with Crippen LogP contribution in [0.15, 0.2) is 79.4 Å². The van der Waals surface area contributed by atoms with Crippen molar-refractivity contribution in [2.75, 3.05) is 26.6 Å². The van der Waals surface area contributed by atoms with Crippen LogP contribution in [0.3, 0.4) is 0 Å². The molecule has 1 N–H and O–H groups in total. The summed E-state index contributed by atoms with van der Waals surface area (Å²) in [6.07, 6.45) is 3.02. The van der Waals surface area contributed by atoms with Crippen LogP contribution >= 0.6 is 0 Å². The number of pyridine rings is 1. The highest BCUT2D eigenvalue weighted by molar-refractivity contribution is 6.13. The lowest BCUT2D eigenvalue weighted by molar-refractivity contribution is 0.102. The summed E-state index contributed by atoms with van der Waals surface area (Å²) in [7, 11) is 4.66. The number of aromatic nitrogens is 4. The van der Waals surface area contributed by atoms with Gasteiger partial charge in [-0.25, -0.2) is 14.6 Å². The minimum absolute atomic E-state index is 0.283. The van der Waals surface area contributed by atoms with Crippen molar-refractivity contribution in [3.05, 3.63) is 84.9 Å². The molecule has 2 aromatic heterocycles. The zero-order chi connectivity index (χ0) is 25.1. The Kier molecular flexibility index (Phi) is 6.19. The van der Waals surface area contributed by atoms with Gasteiger partial charge in [-0.2, -0.15) is 5.10 Å². The zero-order valence-electron chi connectivity index (χ0n) is 19.9. The molecular weight excluding hydrogens is 458 g/mol. The van der Waals surface area contributed by atoms with Crippen LogP contribution in [0, 0.1) is 0 Å². The first-order valence-corrected chi connectivity index (χ1v) is 11.1. The molecule has 0 atom stereocenters. The molecule has 0 aliphatic heterocycles. The van der Waals surface area contributed by atoms with Crippen LogP contribution in [0.25, 0.3) is 27.8 Å². The zero-order valence-corrected chi connectivity index (χ0v) is 19.9. The summed E-state index contributed by atoms with van der Waals surface area (Å²) in [5, 5.41) is 7.94. The number of nitrogens with zero attached hydrogens (tertiary/aromatic N) is 4. The Hall–Kier alpha value is -4.92. The SMILES string of the molecule is COc1cc(-c2cc(C(=O)Nc3ccccc3-n3cncn3)c3ccccc3n2)cc(OC)c1OC. The van der Waals surface area contributed by atoms with Crippen molar-refractivity contribution in [3.63, 3.8) is 0 Å². The molecule has 0 spiro atoms. The highest BCUT2D eigenvalue weighted by Crippen LogP contribution is 2.41. The molecule has 0 unspecified atom stereocenters. The van der Waals surface area contributed by atoms with E-state index in [1.54, 1.807) is 50.5 Å². The number of hydrogen-bond acceptors (Lipinski definition) is 7. The van der Waals surface area contributed by atoms with Crippen molar-refractivity contribution >= 4 is 22.5 Å². The van der Waals surface area contributed by atoms with E-state index < -0.39 is 0 Å². The number of carbonyl (C=O) groups excluding carboxylic acids is 1. The number of carbonyl (C=O) groups is 1. The normalized spacial score (nSPS) is 10.8. The third-order valence-electron chi connectivity index (χ3n) is 5.74. The third kappa shape index (κ3) is 4.18. The fourth-order valence-corrected chi connectivity index (χ4v) is 4.04. The lowest BCUT2D eigenvalue weighted by Crippen LogP contribution is -2.15. The molecule has 0 aliphatic rings. The van der Waals surface area contributed by atoms with Gasteiger partial charge in [0.2, 0.25) is 5.75 Å². The quantitative estimate of drug-likeness (QED) is 0.358. The maximum absolute atomic E-state index is 13.6. The molecule has 5 aromatic rings. The Morgan fingerprint density at radius 2 is 1.61 bits per heavy atom. The molecule has 0 bridgehead atoms. The first kappa shape index (κ1) is 22.9. The van der Waals surface area contributed by atoms with E-state index in [1.807, 2.05) is 48.5 Å². The van der Waals surface area contributed by atoms with Gasteiger partial charge in [-0.3, -0.25) is 4.79 Å². The van der Waals surface area contributed by atoms with Crippen LogP contribution in [0.5, 0.6) is 17.2 Å². The Morgan fingerprint density at radius 3 is 2.31 bits per heavy atom. The van der Waals surface area contributed by atoms with E-state index in [0.29, 0.717) is 51.0 Å². The average Bonchev–Trinajstić information content (AvgIpc) is 3.46. The molecule has 3 aromatic carbocycles. The number of hydrogen-bond donors (Lipinski definition) is 1. The van der Waals surface area contributed by atoms with Gasteiger partial charge < -0.3 is 19.5 Å². The maximum Gasteiger partial charge on any atom is 0.256 e. The molecule has 180 valence electrons. The highest BCUT2D eigenvalue weighted by Gasteiger charge is 2.19. The summed E-state index contributed by atoms with van der Waals surface area (Å²) in [5.74, 6) is 1.19. The Balaban J connectivity index is 1.62. The van der Waals surface area contributed by atoms with Crippen molar-refractivity contribution in [2.45, 2.75) is 0 Å².